The second kappa shape index (κ2) is 4.17. The molecule has 0 radical (unpaired) electrons. The van der Waals surface area contributed by atoms with Crippen LogP contribution in [0.4, 0.5) is 0 Å². The number of phenols is 2. The Morgan fingerprint density at radius 3 is 2.67 bits per heavy atom. The molecule has 1 saturated carbocycles. The second-order valence-electron chi connectivity index (χ2n) is 5.36. The molecule has 5 heteroatoms. The molecule has 0 spiro atoms. The summed E-state index contributed by atoms with van der Waals surface area (Å²) in [6.07, 6.45) is 0.721. The zero-order valence-electron chi connectivity index (χ0n) is 10.5. The van der Waals surface area contributed by atoms with Crippen molar-refractivity contribution in [3.63, 3.8) is 0 Å². The molecule has 1 fully saturated rings. The number of nitrogens with one attached hydrogen (secondary N) is 1. The number of carbonyl (C=O) groups is 1. The summed E-state index contributed by atoms with van der Waals surface area (Å²) in [5.41, 5.74) is 5.80. The van der Waals surface area contributed by atoms with Crippen molar-refractivity contribution in [1.29, 1.82) is 0 Å². The van der Waals surface area contributed by atoms with Crippen LogP contribution in [0.25, 0.3) is 0 Å². The number of amides is 1. The van der Waals surface area contributed by atoms with E-state index < -0.39 is 11.7 Å². The highest BCUT2D eigenvalue weighted by molar-refractivity contribution is 5.97. The molecule has 2 atom stereocenters. The summed E-state index contributed by atoms with van der Waals surface area (Å²) in [5, 5.41) is 21.8. The van der Waals surface area contributed by atoms with Gasteiger partial charge in [0.2, 0.25) is 0 Å². The highest BCUT2D eigenvalue weighted by atomic mass is 16.3. The molecule has 0 aromatic heterocycles. The van der Waals surface area contributed by atoms with E-state index in [0.717, 1.165) is 6.42 Å². The Kier molecular flexibility index (Phi) is 2.94. The van der Waals surface area contributed by atoms with Gasteiger partial charge in [0.1, 0.15) is 0 Å². The van der Waals surface area contributed by atoms with Crippen LogP contribution in [0.15, 0.2) is 18.2 Å². The van der Waals surface area contributed by atoms with Crippen molar-refractivity contribution in [1.82, 2.24) is 5.32 Å². The van der Waals surface area contributed by atoms with E-state index in [9.17, 15) is 15.0 Å². The summed E-state index contributed by atoms with van der Waals surface area (Å²) < 4.78 is 0. The molecule has 1 aliphatic rings. The molecular weight excluding hydrogens is 232 g/mol. The van der Waals surface area contributed by atoms with Gasteiger partial charge < -0.3 is 21.3 Å². The normalized spacial score (nSPS) is 25.3. The molecule has 0 bridgehead atoms. The molecule has 2 unspecified atom stereocenters. The minimum atomic E-state index is -0.395. The number of phenolic OH excluding ortho intramolecular Hbond substituents is 2. The molecule has 1 aromatic carbocycles. The summed E-state index contributed by atoms with van der Waals surface area (Å²) in [4.78, 5) is 12.0. The van der Waals surface area contributed by atoms with Gasteiger partial charge in [0.05, 0.1) is 5.56 Å². The van der Waals surface area contributed by atoms with Crippen LogP contribution in [0, 0.1) is 5.41 Å². The zero-order chi connectivity index (χ0) is 13.5. The monoisotopic (exact) mass is 250 g/mol. The average Bonchev–Trinajstić information content (AvgIpc) is 2.32. The molecular formula is C13H18N2O3. The van der Waals surface area contributed by atoms with E-state index in [2.05, 4.69) is 5.32 Å². The van der Waals surface area contributed by atoms with E-state index in [1.165, 1.54) is 18.2 Å². The third-order valence-corrected chi connectivity index (χ3v) is 3.91. The van der Waals surface area contributed by atoms with Crippen LogP contribution < -0.4 is 11.1 Å². The number of para-hydroxylation sites is 1. The number of hydrogen-bond acceptors (Lipinski definition) is 4. The van der Waals surface area contributed by atoms with Gasteiger partial charge in [0.25, 0.3) is 5.91 Å². The molecule has 98 valence electrons. The van der Waals surface area contributed by atoms with Crippen molar-refractivity contribution >= 4 is 5.91 Å². The summed E-state index contributed by atoms with van der Waals surface area (Å²) in [7, 11) is 0. The quantitative estimate of drug-likeness (QED) is 0.588. The van der Waals surface area contributed by atoms with E-state index in [4.69, 9.17) is 5.73 Å². The van der Waals surface area contributed by atoms with Crippen molar-refractivity contribution in [2.45, 2.75) is 32.4 Å². The van der Waals surface area contributed by atoms with Crippen molar-refractivity contribution in [2.75, 3.05) is 0 Å². The average molecular weight is 250 g/mol. The molecule has 2 rings (SSSR count). The van der Waals surface area contributed by atoms with Crippen LogP contribution in [0.3, 0.4) is 0 Å². The molecule has 1 aliphatic carbocycles. The van der Waals surface area contributed by atoms with Crippen LogP contribution in [-0.4, -0.2) is 28.2 Å². The minimum Gasteiger partial charge on any atom is -0.504 e. The van der Waals surface area contributed by atoms with Gasteiger partial charge in [-0.05, 0) is 18.6 Å². The number of benzene rings is 1. The van der Waals surface area contributed by atoms with Gasteiger partial charge in [-0.15, -0.1) is 0 Å². The third kappa shape index (κ3) is 1.90. The van der Waals surface area contributed by atoms with Crippen LogP contribution in [0.1, 0.15) is 30.6 Å². The van der Waals surface area contributed by atoms with E-state index in [1.807, 2.05) is 13.8 Å². The standard InChI is InChI=1S/C13H18N2O3/c1-13(2)9(14)6-10(13)15-12(18)7-4-3-5-8(16)11(7)17/h3-5,9-10,16-17H,6,14H2,1-2H3,(H,15,18). The van der Waals surface area contributed by atoms with Gasteiger partial charge in [-0.2, -0.15) is 0 Å². The lowest BCUT2D eigenvalue weighted by Crippen LogP contribution is -2.64. The number of rotatable bonds is 2. The van der Waals surface area contributed by atoms with Gasteiger partial charge >= 0.3 is 0 Å². The molecule has 1 aromatic rings. The number of carbonyl (C=O) groups excluding carboxylic acids is 1. The SMILES string of the molecule is CC1(C)C(N)CC1NC(=O)c1cccc(O)c1O. The lowest BCUT2D eigenvalue weighted by molar-refractivity contribution is 0.0584. The van der Waals surface area contributed by atoms with Crippen molar-refractivity contribution in [3.05, 3.63) is 23.8 Å². The first-order valence-corrected chi connectivity index (χ1v) is 5.91. The Labute approximate surface area is 106 Å². The summed E-state index contributed by atoms with van der Waals surface area (Å²) in [5.74, 6) is -1.09. The van der Waals surface area contributed by atoms with Crippen molar-refractivity contribution in [3.8, 4) is 11.5 Å². The summed E-state index contributed by atoms with van der Waals surface area (Å²) in [6, 6.07) is 4.37. The number of hydrogen-bond donors (Lipinski definition) is 4. The van der Waals surface area contributed by atoms with E-state index >= 15 is 0 Å². The Morgan fingerprint density at radius 2 is 2.11 bits per heavy atom. The predicted octanol–water partition coefficient (Wildman–Crippen LogP) is 0.953. The Balaban J connectivity index is 2.12. The number of nitrogens with two attached hydrogens (primary N) is 1. The summed E-state index contributed by atoms with van der Waals surface area (Å²) in [6.45, 7) is 3.99. The van der Waals surface area contributed by atoms with Crippen molar-refractivity contribution in [2.24, 2.45) is 11.1 Å². The highest BCUT2D eigenvalue weighted by Gasteiger charge is 2.46. The Morgan fingerprint density at radius 1 is 1.44 bits per heavy atom. The fraction of sp³-hybridized carbons (Fsp3) is 0.462. The number of aromatic hydroxyl groups is 2. The maximum atomic E-state index is 12.0. The van der Waals surface area contributed by atoms with Crippen molar-refractivity contribution < 1.29 is 15.0 Å². The fourth-order valence-corrected chi connectivity index (χ4v) is 2.15. The fourth-order valence-electron chi connectivity index (χ4n) is 2.15. The van der Waals surface area contributed by atoms with Crippen LogP contribution >= 0.6 is 0 Å². The highest BCUT2D eigenvalue weighted by Crippen LogP contribution is 2.39. The first kappa shape index (κ1) is 12.7. The molecule has 0 saturated heterocycles. The predicted molar refractivity (Wildman–Crippen MR) is 67.4 cm³/mol. The van der Waals surface area contributed by atoms with E-state index in [0.29, 0.717) is 0 Å². The van der Waals surface area contributed by atoms with E-state index in [-0.39, 0.29) is 28.8 Å². The molecule has 0 aliphatic heterocycles. The Hall–Kier alpha value is -1.75. The smallest absolute Gasteiger partial charge is 0.255 e. The van der Waals surface area contributed by atoms with Gasteiger partial charge in [0, 0.05) is 17.5 Å². The lowest BCUT2D eigenvalue weighted by Gasteiger charge is -2.50. The lowest BCUT2D eigenvalue weighted by atomic mass is 9.63. The first-order chi connectivity index (χ1) is 8.34. The van der Waals surface area contributed by atoms with Gasteiger partial charge in [-0.25, -0.2) is 0 Å². The van der Waals surface area contributed by atoms with Crippen LogP contribution in [0.5, 0.6) is 11.5 Å². The van der Waals surface area contributed by atoms with Gasteiger partial charge in [0.15, 0.2) is 11.5 Å². The first-order valence-electron chi connectivity index (χ1n) is 5.91. The van der Waals surface area contributed by atoms with Gasteiger partial charge in [-0.1, -0.05) is 19.9 Å². The molecule has 5 N–H and O–H groups in total. The maximum absolute atomic E-state index is 12.0. The molecule has 1 amide bonds. The zero-order valence-corrected chi connectivity index (χ0v) is 10.5. The maximum Gasteiger partial charge on any atom is 0.255 e. The molecule has 0 heterocycles. The molecule has 18 heavy (non-hydrogen) atoms. The van der Waals surface area contributed by atoms with Gasteiger partial charge in [-0.3, -0.25) is 4.79 Å². The molecule has 5 nitrogen and oxygen atoms in total. The third-order valence-electron chi connectivity index (χ3n) is 3.91. The topological polar surface area (TPSA) is 95.6 Å². The minimum absolute atomic E-state index is 0.0123. The van der Waals surface area contributed by atoms with Crippen LogP contribution in [0.2, 0.25) is 0 Å². The largest absolute Gasteiger partial charge is 0.504 e. The Bertz CT molecular complexity index is 485. The van der Waals surface area contributed by atoms with Crippen LogP contribution in [-0.2, 0) is 0 Å². The van der Waals surface area contributed by atoms with E-state index in [1.54, 1.807) is 0 Å². The second-order valence-corrected chi connectivity index (χ2v) is 5.36. The summed E-state index contributed by atoms with van der Waals surface area (Å²) >= 11 is 0.